The van der Waals surface area contributed by atoms with Crippen molar-refractivity contribution in [3.05, 3.63) is 28.9 Å². The average Bonchev–Trinajstić information content (AvgIpc) is 2.82. The van der Waals surface area contributed by atoms with Crippen LogP contribution in [0.1, 0.15) is 37.3 Å². The van der Waals surface area contributed by atoms with Crippen molar-refractivity contribution in [2.75, 3.05) is 5.73 Å². The molecule has 0 aliphatic heterocycles. The smallest absolute Gasteiger partial charge is 0.218 e. The summed E-state index contributed by atoms with van der Waals surface area (Å²) >= 11 is 1.43. The number of nitrogen functional groups attached to an aromatic ring is 1. The predicted octanol–water partition coefficient (Wildman–Crippen LogP) is 3.18. The van der Waals surface area contributed by atoms with Gasteiger partial charge in [-0.05, 0) is 6.08 Å². The highest BCUT2D eigenvalue weighted by Crippen LogP contribution is 2.23. The third kappa shape index (κ3) is 2.94. The highest BCUT2D eigenvalue weighted by molar-refractivity contribution is 7.16. The first kappa shape index (κ1) is 11.9. The standard InChI is InChI=1S/C12H15N3OS/c1-12(2,3)9-7-14-10(16-9)5-4-8-6-15-11(13)17-8/h4-7H,1-3H3,(H2,13,15). The lowest BCUT2D eigenvalue weighted by Crippen LogP contribution is -2.09. The molecule has 0 radical (unpaired) electrons. The molecule has 90 valence electrons. The van der Waals surface area contributed by atoms with Gasteiger partial charge >= 0.3 is 0 Å². The maximum Gasteiger partial charge on any atom is 0.218 e. The summed E-state index contributed by atoms with van der Waals surface area (Å²) in [6.45, 7) is 6.26. The summed E-state index contributed by atoms with van der Waals surface area (Å²) in [6.07, 6.45) is 7.21. The van der Waals surface area contributed by atoms with Crippen molar-refractivity contribution in [1.29, 1.82) is 0 Å². The van der Waals surface area contributed by atoms with Gasteiger partial charge in [0.2, 0.25) is 5.89 Å². The molecule has 4 nitrogen and oxygen atoms in total. The zero-order chi connectivity index (χ0) is 12.5. The number of rotatable bonds is 2. The summed E-state index contributed by atoms with van der Waals surface area (Å²) in [6, 6.07) is 0. The van der Waals surface area contributed by atoms with Gasteiger partial charge in [0.05, 0.1) is 6.20 Å². The molecule has 2 N–H and O–H groups in total. The molecule has 0 aliphatic rings. The molecule has 17 heavy (non-hydrogen) atoms. The van der Waals surface area contributed by atoms with Gasteiger partial charge in [0.15, 0.2) is 5.13 Å². The maximum absolute atomic E-state index is 5.63. The van der Waals surface area contributed by atoms with Crippen molar-refractivity contribution in [3.63, 3.8) is 0 Å². The van der Waals surface area contributed by atoms with Crippen LogP contribution in [0.3, 0.4) is 0 Å². The van der Waals surface area contributed by atoms with Gasteiger partial charge in [-0.25, -0.2) is 9.97 Å². The van der Waals surface area contributed by atoms with Gasteiger partial charge in [-0.1, -0.05) is 32.1 Å². The van der Waals surface area contributed by atoms with Crippen LogP contribution in [0.15, 0.2) is 16.8 Å². The molecule has 0 saturated heterocycles. The molecule has 0 unspecified atom stereocenters. The Kier molecular flexibility index (Phi) is 3.02. The lowest BCUT2D eigenvalue weighted by atomic mass is 9.94. The number of nitrogens with zero attached hydrogens (tertiary/aromatic N) is 2. The lowest BCUT2D eigenvalue weighted by molar-refractivity contribution is 0.403. The molecule has 0 aromatic carbocycles. The molecule has 0 atom stereocenters. The van der Waals surface area contributed by atoms with Crippen LogP contribution in [-0.4, -0.2) is 9.97 Å². The van der Waals surface area contributed by atoms with Crippen LogP contribution in [0.2, 0.25) is 0 Å². The number of hydrogen-bond donors (Lipinski definition) is 1. The fourth-order valence-corrected chi connectivity index (χ4v) is 1.83. The molecule has 0 fully saturated rings. The Morgan fingerprint density at radius 1 is 1.24 bits per heavy atom. The predicted molar refractivity (Wildman–Crippen MR) is 70.7 cm³/mol. The summed E-state index contributed by atoms with van der Waals surface area (Å²) in [4.78, 5) is 9.16. The second kappa shape index (κ2) is 4.33. The minimum atomic E-state index is -0.0198. The molecule has 5 heteroatoms. The van der Waals surface area contributed by atoms with Gasteiger partial charge in [-0.3, -0.25) is 0 Å². The van der Waals surface area contributed by atoms with E-state index in [9.17, 15) is 0 Å². The van der Waals surface area contributed by atoms with Crippen LogP contribution in [0.25, 0.3) is 12.2 Å². The molecule has 2 rings (SSSR count). The van der Waals surface area contributed by atoms with Crippen molar-refractivity contribution in [2.24, 2.45) is 0 Å². The Morgan fingerprint density at radius 2 is 2.00 bits per heavy atom. The van der Waals surface area contributed by atoms with E-state index in [0.29, 0.717) is 11.0 Å². The van der Waals surface area contributed by atoms with Crippen LogP contribution in [0.5, 0.6) is 0 Å². The highest BCUT2D eigenvalue weighted by Gasteiger charge is 2.18. The fraction of sp³-hybridized carbons (Fsp3) is 0.333. The zero-order valence-corrected chi connectivity index (χ0v) is 10.9. The van der Waals surface area contributed by atoms with Crippen molar-refractivity contribution >= 4 is 28.6 Å². The Hall–Kier alpha value is -1.62. The van der Waals surface area contributed by atoms with E-state index in [1.54, 1.807) is 12.4 Å². The lowest BCUT2D eigenvalue weighted by Gasteiger charge is -2.12. The van der Waals surface area contributed by atoms with E-state index in [1.165, 1.54) is 11.3 Å². The number of oxazole rings is 1. The molecule has 0 aliphatic carbocycles. The van der Waals surface area contributed by atoms with E-state index in [1.807, 2.05) is 12.2 Å². The van der Waals surface area contributed by atoms with Gasteiger partial charge in [0.25, 0.3) is 0 Å². The van der Waals surface area contributed by atoms with Gasteiger partial charge in [-0.2, -0.15) is 0 Å². The summed E-state index contributed by atoms with van der Waals surface area (Å²) in [7, 11) is 0. The molecular weight excluding hydrogens is 234 g/mol. The Balaban J connectivity index is 2.14. The van der Waals surface area contributed by atoms with Gasteiger partial charge in [-0.15, -0.1) is 0 Å². The first-order chi connectivity index (χ1) is 7.95. The summed E-state index contributed by atoms with van der Waals surface area (Å²) in [5.41, 5.74) is 5.52. The molecular formula is C12H15N3OS. The number of nitrogens with two attached hydrogens (primary N) is 1. The largest absolute Gasteiger partial charge is 0.441 e. The highest BCUT2D eigenvalue weighted by atomic mass is 32.1. The number of hydrogen-bond acceptors (Lipinski definition) is 5. The van der Waals surface area contributed by atoms with E-state index in [0.717, 1.165) is 10.6 Å². The molecule has 0 saturated carbocycles. The summed E-state index contributed by atoms with van der Waals surface area (Å²) in [5.74, 6) is 1.47. The van der Waals surface area contributed by atoms with Gasteiger partial charge in [0.1, 0.15) is 5.76 Å². The Labute approximate surface area is 104 Å². The van der Waals surface area contributed by atoms with E-state index in [2.05, 4.69) is 30.7 Å². The first-order valence-electron chi connectivity index (χ1n) is 5.31. The minimum absolute atomic E-state index is 0.0198. The van der Waals surface area contributed by atoms with Crippen LogP contribution >= 0.6 is 11.3 Å². The zero-order valence-electron chi connectivity index (χ0n) is 10.1. The third-order valence-corrected chi connectivity index (χ3v) is 2.99. The molecule has 2 aromatic heterocycles. The van der Waals surface area contributed by atoms with Crippen molar-refractivity contribution in [3.8, 4) is 0 Å². The Bertz CT molecular complexity index is 534. The van der Waals surface area contributed by atoms with Crippen molar-refractivity contribution in [2.45, 2.75) is 26.2 Å². The van der Waals surface area contributed by atoms with E-state index < -0.39 is 0 Å². The molecule has 0 bridgehead atoms. The minimum Gasteiger partial charge on any atom is -0.441 e. The first-order valence-corrected chi connectivity index (χ1v) is 6.12. The van der Waals surface area contributed by atoms with Crippen LogP contribution < -0.4 is 5.73 Å². The number of thiazole rings is 1. The SMILES string of the molecule is CC(C)(C)c1cnc(C=Cc2cnc(N)s2)o1. The van der Waals surface area contributed by atoms with E-state index in [-0.39, 0.29) is 5.41 Å². The second-order valence-corrected chi connectivity index (χ2v) is 5.84. The van der Waals surface area contributed by atoms with Crippen molar-refractivity contribution in [1.82, 2.24) is 9.97 Å². The number of anilines is 1. The van der Waals surface area contributed by atoms with Gasteiger partial charge < -0.3 is 10.2 Å². The molecule has 2 heterocycles. The quantitative estimate of drug-likeness (QED) is 0.887. The van der Waals surface area contributed by atoms with Crippen molar-refractivity contribution < 1.29 is 4.42 Å². The summed E-state index contributed by atoms with van der Waals surface area (Å²) in [5, 5.41) is 0.562. The molecule has 2 aromatic rings. The fourth-order valence-electron chi connectivity index (χ4n) is 1.24. The topological polar surface area (TPSA) is 64.9 Å². The van der Waals surface area contributed by atoms with Gasteiger partial charge in [0, 0.05) is 22.6 Å². The monoisotopic (exact) mass is 249 g/mol. The maximum atomic E-state index is 5.63. The van der Waals surface area contributed by atoms with Crippen LogP contribution in [-0.2, 0) is 5.41 Å². The van der Waals surface area contributed by atoms with Crippen LogP contribution in [0, 0.1) is 0 Å². The summed E-state index contributed by atoms with van der Waals surface area (Å²) < 4.78 is 5.63. The normalized spacial score (nSPS) is 12.4. The molecule has 0 amide bonds. The van der Waals surface area contributed by atoms with E-state index in [4.69, 9.17) is 10.2 Å². The average molecular weight is 249 g/mol. The molecule has 0 spiro atoms. The number of aromatic nitrogens is 2. The second-order valence-electron chi connectivity index (χ2n) is 4.75. The Morgan fingerprint density at radius 3 is 2.53 bits per heavy atom. The van der Waals surface area contributed by atoms with E-state index >= 15 is 0 Å². The van der Waals surface area contributed by atoms with Crippen LogP contribution in [0.4, 0.5) is 5.13 Å². The third-order valence-electron chi connectivity index (χ3n) is 2.19.